The smallest absolute Gasteiger partial charge is 0.406 e. The molecule has 0 bridgehead atoms. The third-order valence-electron chi connectivity index (χ3n) is 3.74. The predicted molar refractivity (Wildman–Crippen MR) is 75.2 cm³/mol. The Kier molecular flexibility index (Phi) is 4.37. The quantitative estimate of drug-likeness (QED) is 0.928. The van der Waals surface area contributed by atoms with Crippen molar-refractivity contribution in [3.05, 3.63) is 29.8 Å². The van der Waals surface area contributed by atoms with Crippen molar-refractivity contribution < 1.29 is 22.7 Å². The van der Waals surface area contributed by atoms with Crippen molar-refractivity contribution in [1.29, 1.82) is 0 Å². The fourth-order valence-electron chi connectivity index (χ4n) is 2.43. The summed E-state index contributed by atoms with van der Waals surface area (Å²) in [5.41, 5.74) is 2.01. The molecule has 1 atom stereocenters. The van der Waals surface area contributed by atoms with Crippen LogP contribution in [0.5, 0.6) is 5.75 Å². The van der Waals surface area contributed by atoms with E-state index in [1.807, 2.05) is 0 Å². The van der Waals surface area contributed by atoms with Gasteiger partial charge in [-0.25, -0.2) is 5.01 Å². The van der Waals surface area contributed by atoms with Gasteiger partial charge < -0.3 is 4.74 Å². The van der Waals surface area contributed by atoms with Gasteiger partial charge in [0.15, 0.2) is 0 Å². The summed E-state index contributed by atoms with van der Waals surface area (Å²) in [7, 11) is 1.46. The van der Waals surface area contributed by atoms with Crippen molar-refractivity contribution >= 4 is 5.91 Å². The van der Waals surface area contributed by atoms with Crippen molar-refractivity contribution in [2.75, 3.05) is 13.7 Å². The number of halogens is 3. The Labute approximate surface area is 127 Å². The number of nitrogens with zero attached hydrogens (tertiary/aromatic N) is 1. The zero-order chi connectivity index (χ0) is 16.5. The first kappa shape index (κ1) is 16.6. The molecular formula is C15H19F3N2O2. The second kappa shape index (κ2) is 5.79. The molecule has 1 heterocycles. The minimum absolute atomic E-state index is 0.0139. The average Bonchev–Trinajstić information content (AvgIpc) is 2.69. The van der Waals surface area contributed by atoms with Crippen LogP contribution in [0.3, 0.4) is 0 Å². The fourth-order valence-corrected chi connectivity index (χ4v) is 2.43. The molecule has 1 fully saturated rings. The second-order valence-electron chi connectivity index (χ2n) is 6.07. The molecule has 22 heavy (non-hydrogen) atoms. The molecule has 2 rings (SSSR count). The lowest BCUT2D eigenvalue weighted by Crippen LogP contribution is -2.51. The van der Waals surface area contributed by atoms with Gasteiger partial charge in [0.25, 0.3) is 0 Å². The number of hydrazine groups is 1. The van der Waals surface area contributed by atoms with Crippen molar-refractivity contribution in [3.8, 4) is 5.75 Å². The Balaban J connectivity index is 2.23. The minimum atomic E-state index is -4.45. The molecule has 0 aliphatic carbocycles. The Bertz CT molecular complexity index is 558. The van der Waals surface area contributed by atoms with E-state index in [2.05, 4.69) is 5.43 Å². The van der Waals surface area contributed by atoms with E-state index < -0.39 is 23.5 Å². The van der Waals surface area contributed by atoms with Crippen LogP contribution < -0.4 is 10.2 Å². The van der Waals surface area contributed by atoms with Crippen molar-refractivity contribution in [2.45, 2.75) is 32.5 Å². The van der Waals surface area contributed by atoms with Crippen LogP contribution >= 0.6 is 0 Å². The maximum atomic E-state index is 13.4. The molecule has 1 N–H and O–H groups in total. The highest BCUT2D eigenvalue weighted by Gasteiger charge is 2.50. The maximum Gasteiger partial charge on any atom is 0.406 e. The first-order chi connectivity index (χ1) is 10.1. The van der Waals surface area contributed by atoms with Crippen LogP contribution in [0.25, 0.3) is 0 Å². The zero-order valence-corrected chi connectivity index (χ0v) is 12.7. The monoisotopic (exact) mass is 316 g/mol. The van der Waals surface area contributed by atoms with Crippen LogP contribution in [0.2, 0.25) is 0 Å². The van der Waals surface area contributed by atoms with Gasteiger partial charge in [0.05, 0.1) is 12.5 Å². The lowest BCUT2D eigenvalue weighted by atomic mass is 9.94. The molecule has 1 aliphatic rings. The molecule has 1 aromatic carbocycles. The number of hydrogen-bond donors (Lipinski definition) is 1. The number of hydrogen-bond acceptors (Lipinski definition) is 3. The normalized spacial score (nSPS) is 19.8. The number of nitrogens with one attached hydrogen (secondary N) is 1. The number of ether oxygens (including phenoxy) is 1. The van der Waals surface area contributed by atoms with Crippen LogP contribution in [0.15, 0.2) is 24.3 Å². The van der Waals surface area contributed by atoms with Gasteiger partial charge in [-0.3, -0.25) is 10.2 Å². The highest BCUT2D eigenvalue weighted by Crippen LogP contribution is 2.33. The fraction of sp³-hybridized carbons (Fsp3) is 0.533. The number of methoxy groups -OCH3 is 1. The van der Waals surface area contributed by atoms with Gasteiger partial charge >= 0.3 is 6.18 Å². The van der Waals surface area contributed by atoms with Gasteiger partial charge in [0.2, 0.25) is 5.91 Å². The summed E-state index contributed by atoms with van der Waals surface area (Å²) in [6.07, 6.45) is -4.70. The van der Waals surface area contributed by atoms with Crippen LogP contribution in [0.1, 0.15) is 19.4 Å². The molecule has 7 heteroatoms. The Morgan fingerprint density at radius 3 is 2.59 bits per heavy atom. The van der Waals surface area contributed by atoms with Gasteiger partial charge in [0.1, 0.15) is 11.8 Å². The minimum Gasteiger partial charge on any atom is -0.497 e. The SMILES string of the molecule is COc1cccc(C[C@H](N2CC(C)(C)C(=O)N2)C(F)(F)F)c1. The summed E-state index contributed by atoms with van der Waals surface area (Å²) >= 11 is 0. The van der Waals surface area contributed by atoms with E-state index in [9.17, 15) is 18.0 Å². The number of rotatable bonds is 4. The predicted octanol–water partition coefficient (Wildman–Crippen LogP) is 2.54. The van der Waals surface area contributed by atoms with Crippen LogP contribution in [-0.4, -0.2) is 36.8 Å². The summed E-state index contributed by atoms with van der Waals surface area (Å²) in [6, 6.07) is 4.73. The summed E-state index contributed by atoms with van der Waals surface area (Å²) in [6.45, 7) is 3.27. The third-order valence-corrected chi connectivity index (χ3v) is 3.74. The molecule has 4 nitrogen and oxygen atoms in total. The standard InChI is InChI=1S/C15H19F3N2O2/c1-14(2)9-20(19-13(14)21)12(15(16,17)18)8-10-5-4-6-11(7-10)22-3/h4-7,12H,8-9H2,1-3H3,(H,19,21)/t12-/m0/s1. The molecule has 1 saturated heterocycles. The number of carbonyl (C=O) groups excluding carboxylic acids is 1. The topological polar surface area (TPSA) is 41.6 Å². The molecule has 0 aromatic heterocycles. The van der Waals surface area contributed by atoms with Gasteiger partial charge in [0, 0.05) is 6.54 Å². The number of amides is 1. The van der Waals surface area contributed by atoms with Crippen LogP contribution in [0, 0.1) is 5.41 Å². The van der Waals surface area contributed by atoms with Gasteiger partial charge in [-0.2, -0.15) is 13.2 Å². The first-order valence-corrected chi connectivity index (χ1v) is 6.91. The van der Waals surface area contributed by atoms with E-state index in [4.69, 9.17) is 4.74 Å². The molecule has 1 amide bonds. The summed E-state index contributed by atoms with van der Waals surface area (Å²) in [5, 5.41) is 0.988. The molecular weight excluding hydrogens is 297 g/mol. The Morgan fingerprint density at radius 1 is 1.41 bits per heavy atom. The van der Waals surface area contributed by atoms with Crippen molar-refractivity contribution in [3.63, 3.8) is 0 Å². The summed E-state index contributed by atoms with van der Waals surface area (Å²) in [5.74, 6) is 0.108. The van der Waals surface area contributed by atoms with E-state index >= 15 is 0 Å². The largest absolute Gasteiger partial charge is 0.497 e. The van der Waals surface area contributed by atoms with E-state index in [-0.39, 0.29) is 13.0 Å². The van der Waals surface area contributed by atoms with Gasteiger partial charge in [-0.05, 0) is 38.0 Å². The summed E-state index contributed by atoms with van der Waals surface area (Å²) in [4.78, 5) is 11.8. The molecule has 0 spiro atoms. The molecule has 0 unspecified atom stereocenters. The molecule has 1 aliphatic heterocycles. The first-order valence-electron chi connectivity index (χ1n) is 6.91. The lowest BCUT2D eigenvalue weighted by Gasteiger charge is -2.29. The highest BCUT2D eigenvalue weighted by molar-refractivity contribution is 5.83. The van der Waals surface area contributed by atoms with Crippen molar-refractivity contribution in [2.24, 2.45) is 5.41 Å². The zero-order valence-electron chi connectivity index (χ0n) is 12.7. The number of carbonyl (C=O) groups is 1. The second-order valence-corrected chi connectivity index (χ2v) is 6.07. The van der Waals surface area contributed by atoms with Crippen LogP contribution in [0.4, 0.5) is 13.2 Å². The average molecular weight is 316 g/mol. The maximum absolute atomic E-state index is 13.4. The van der Waals surface area contributed by atoms with E-state index in [0.29, 0.717) is 11.3 Å². The third kappa shape index (κ3) is 3.52. The lowest BCUT2D eigenvalue weighted by molar-refractivity contribution is -0.188. The number of benzene rings is 1. The molecule has 0 radical (unpaired) electrons. The van der Waals surface area contributed by atoms with Gasteiger partial charge in [-0.1, -0.05) is 12.1 Å². The van der Waals surface area contributed by atoms with E-state index in [0.717, 1.165) is 5.01 Å². The summed E-state index contributed by atoms with van der Waals surface area (Å²) < 4.78 is 45.2. The molecule has 1 aromatic rings. The molecule has 0 saturated carbocycles. The van der Waals surface area contributed by atoms with Gasteiger partial charge in [-0.15, -0.1) is 0 Å². The van der Waals surface area contributed by atoms with E-state index in [1.165, 1.54) is 7.11 Å². The Morgan fingerprint density at radius 2 is 2.09 bits per heavy atom. The van der Waals surface area contributed by atoms with E-state index in [1.54, 1.807) is 38.1 Å². The number of alkyl halides is 3. The highest BCUT2D eigenvalue weighted by atomic mass is 19.4. The molecule has 122 valence electrons. The Hall–Kier alpha value is -1.76. The van der Waals surface area contributed by atoms with Crippen molar-refractivity contribution in [1.82, 2.24) is 10.4 Å². The van der Waals surface area contributed by atoms with Crippen LogP contribution in [-0.2, 0) is 11.2 Å².